The highest BCUT2D eigenvalue weighted by molar-refractivity contribution is 5.83. The average molecular weight is 330 g/mol. The molecule has 0 unspecified atom stereocenters. The fourth-order valence-electron chi connectivity index (χ4n) is 4.17. The van der Waals surface area contributed by atoms with Crippen LogP contribution in [0.4, 0.5) is 0 Å². The monoisotopic (exact) mass is 330 g/mol. The Kier molecular flexibility index (Phi) is 4.57. The number of rotatable bonds is 3. The molecule has 0 N–H and O–H groups in total. The number of ether oxygens (including phenoxy) is 2. The minimum atomic E-state index is -0.424. The summed E-state index contributed by atoms with van der Waals surface area (Å²) in [7, 11) is 0. The smallest absolute Gasteiger partial charge is 0.244 e. The molecular weight excluding hydrogens is 304 g/mol. The van der Waals surface area contributed by atoms with Crippen LogP contribution in [0, 0.1) is 0 Å². The second-order valence-corrected chi connectivity index (χ2v) is 6.99. The lowest BCUT2D eigenvalue weighted by molar-refractivity contribution is -0.188. The maximum Gasteiger partial charge on any atom is 0.244 e. The summed E-state index contributed by atoms with van der Waals surface area (Å²) in [4.78, 5) is 17.6. The number of carbonyl (C=O) groups excluding carboxylic acids is 1. The molecular formula is C19H26N2O3. The number of likely N-dealkylation sites (tertiary alicyclic amines) is 2. The van der Waals surface area contributed by atoms with Crippen LogP contribution in [0.2, 0.25) is 0 Å². The van der Waals surface area contributed by atoms with Gasteiger partial charge in [-0.1, -0.05) is 30.3 Å². The highest BCUT2D eigenvalue weighted by atomic mass is 16.7. The van der Waals surface area contributed by atoms with Crippen molar-refractivity contribution >= 4 is 5.91 Å². The Morgan fingerprint density at radius 1 is 0.958 bits per heavy atom. The third-order valence-electron chi connectivity index (χ3n) is 5.51. The van der Waals surface area contributed by atoms with Crippen molar-refractivity contribution in [3.8, 4) is 0 Å². The summed E-state index contributed by atoms with van der Waals surface area (Å²) in [6, 6.07) is 10.1. The molecule has 5 heteroatoms. The maximum atomic E-state index is 13.3. The molecule has 1 aromatic carbocycles. The molecule has 3 aliphatic rings. The van der Waals surface area contributed by atoms with E-state index in [1.54, 1.807) is 0 Å². The van der Waals surface area contributed by atoms with Gasteiger partial charge < -0.3 is 14.4 Å². The topological polar surface area (TPSA) is 42.0 Å². The van der Waals surface area contributed by atoms with Crippen molar-refractivity contribution in [1.82, 2.24) is 9.80 Å². The molecule has 3 saturated heterocycles. The summed E-state index contributed by atoms with van der Waals surface area (Å²) < 4.78 is 11.6. The average Bonchev–Trinajstić information content (AvgIpc) is 3.30. The van der Waals surface area contributed by atoms with E-state index in [4.69, 9.17) is 9.47 Å². The molecule has 3 fully saturated rings. The van der Waals surface area contributed by atoms with Gasteiger partial charge in [-0.05, 0) is 31.5 Å². The first-order chi connectivity index (χ1) is 11.8. The number of benzene rings is 1. The van der Waals surface area contributed by atoms with Crippen molar-refractivity contribution in [2.45, 2.75) is 37.5 Å². The first-order valence-corrected chi connectivity index (χ1v) is 9.13. The molecule has 4 rings (SSSR count). The quantitative estimate of drug-likeness (QED) is 0.852. The first kappa shape index (κ1) is 16.1. The minimum absolute atomic E-state index is 0.145. The zero-order valence-corrected chi connectivity index (χ0v) is 14.2. The fourth-order valence-corrected chi connectivity index (χ4v) is 4.17. The van der Waals surface area contributed by atoms with Gasteiger partial charge in [0.1, 0.15) is 6.04 Å². The Bertz CT molecular complexity index is 555. The number of amides is 1. The maximum absolute atomic E-state index is 13.3. The van der Waals surface area contributed by atoms with Gasteiger partial charge in [-0.25, -0.2) is 0 Å². The lowest BCUT2D eigenvalue weighted by atomic mass is 9.99. The molecule has 1 atom stereocenters. The molecule has 1 spiro atoms. The van der Waals surface area contributed by atoms with Gasteiger partial charge in [0.15, 0.2) is 5.79 Å². The SMILES string of the molecule is O=C([C@H](c1ccccc1)N1CCCC1)N1CCC2(CC1)OCCO2. The zero-order valence-electron chi connectivity index (χ0n) is 14.2. The van der Waals surface area contributed by atoms with Crippen LogP contribution in [0.15, 0.2) is 30.3 Å². The predicted molar refractivity (Wildman–Crippen MR) is 90.4 cm³/mol. The van der Waals surface area contributed by atoms with Crippen LogP contribution >= 0.6 is 0 Å². The highest BCUT2D eigenvalue weighted by Gasteiger charge is 2.42. The molecule has 0 aromatic heterocycles. The second kappa shape index (κ2) is 6.82. The Morgan fingerprint density at radius 3 is 2.21 bits per heavy atom. The Hall–Kier alpha value is -1.43. The van der Waals surface area contributed by atoms with Crippen LogP contribution in [-0.2, 0) is 14.3 Å². The summed E-state index contributed by atoms with van der Waals surface area (Å²) in [5.41, 5.74) is 1.11. The number of piperidine rings is 1. The summed E-state index contributed by atoms with van der Waals surface area (Å²) in [6.45, 7) is 4.80. The molecule has 130 valence electrons. The van der Waals surface area contributed by atoms with Gasteiger partial charge in [-0.2, -0.15) is 0 Å². The van der Waals surface area contributed by atoms with Crippen molar-refractivity contribution in [1.29, 1.82) is 0 Å². The summed E-state index contributed by atoms with van der Waals surface area (Å²) in [6.07, 6.45) is 3.92. The lowest BCUT2D eigenvalue weighted by Gasteiger charge is -2.40. The van der Waals surface area contributed by atoms with E-state index in [1.165, 1.54) is 12.8 Å². The third kappa shape index (κ3) is 3.08. The molecule has 1 amide bonds. The summed E-state index contributed by atoms with van der Waals surface area (Å²) in [5.74, 6) is -0.192. The molecule has 0 aliphatic carbocycles. The van der Waals surface area contributed by atoms with Crippen LogP contribution in [0.5, 0.6) is 0 Å². The van der Waals surface area contributed by atoms with Crippen molar-refractivity contribution in [2.75, 3.05) is 39.4 Å². The second-order valence-electron chi connectivity index (χ2n) is 6.99. The number of nitrogens with zero attached hydrogens (tertiary/aromatic N) is 2. The number of hydrogen-bond acceptors (Lipinski definition) is 4. The third-order valence-corrected chi connectivity index (χ3v) is 5.51. The molecule has 0 saturated carbocycles. The Balaban J connectivity index is 1.49. The molecule has 1 aromatic rings. The Labute approximate surface area is 143 Å². The van der Waals surface area contributed by atoms with E-state index in [9.17, 15) is 4.79 Å². The number of carbonyl (C=O) groups is 1. The Morgan fingerprint density at radius 2 is 1.58 bits per heavy atom. The van der Waals surface area contributed by atoms with E-state index in [-0.39, 0.29) is 11.9 Å². The van der Waals surface area contributed by atoms with Gasteiger partial charge in [0.05, 0.1) is 13.2 Å². The van der Waals surface area contributed by atoms with Gasteiger partial charge >= 0.3 is 0 Å². The van der Waals surface area contributed by atoms with E-state index in [0.29, 0.717) is 13.2 Å². The van der Waals surface area contributed by atoms with E-state index in [1.807, 2.05) is 23.1 Å². The first-order valence-electron chi connectivity index (χ1n) is 9.13. The van der Waals surface area contributed by atoms with Gasteiger partial charge in [0, 0.05) is 25.9 Å². The van der Waals surface area contributed by atoms with Crippen LogP contribution in [0.3, 0.4) is 0 Å². The van der Waals surface area contributed by atoms with E-state index < -0.39 is 5.79 Å². The van der Waals surface area contributed by atoms with E-state index in [2.05, 4.69) is 17.0 Å². The predicted octanol–water partition coefficient (Wildman–Crippen LogP) is 2.19. The highest BCUT2D eigenvalue weighted by Crippen LogP contribution is 2.34. The summed E-state index contributed by atoms with van der Waals surface area (Å²) in [5, 5.41) is 0. The minimum Gasteiger partial charge on any atom is -0.347 e. The molecule has 5 nitrogen and oxygen atoms in total. The summed E-state index contributed by atoms with van der Waals surface area (Å²) >= 11 is 0. The largest absolute Gasteiger partial charge is 0.347 e. The molecule has 3 aliphatic heterocycles. The van der Waals surface area contributed by atoms with Crippen LogP contribution in [0.1, 0.15) is 37.3 Å². The van der Waals surface area contributed by atoms with E-state index in [0.717, 1.165) is 44.6 Å². The van der Waals surface area contributed by atoms with Gasteiger partial charge in [-0.15, -0.1) is 0 Å². The van der Waals surface area contributed by atoms with Crippen molar-refractivity contribution in [3.05, 3.63) is 35.9 Å². The molecule has 3 heterocycles. The van der Waals surface area contributed by atoms with E-state index >= 15 is 0 Å². The van der Waals surface area contributed by atoms with Gasteiger partial charge in [0.2, 0.25) is 5.91 Å². The molecule has 24 heavy (non-hydrogen) atoms. The standard InChI is InChI=1S/C19H26N2O3/c22-18(21-12-8-19(9-13-21)23-14-15-24-19)17(20-10-4-5-11-20)16-6-2-1-3-7-16/h1-3,6-7,17H,4-5,8-15H2/t17-/m0/s1. The normalized spacial score (nSPS) is 25.2. The van der Waals surface area contributed by atoms with Crippen LogP contribution in [-0.4, -0.2) is 60.9 Å². The molecule has 0 radical (unpaired) electrons. The fraction of sp³-hybridized carbons (Fsp3) is 0.632. The lowest BCUT2D eigenvalue weighted by Crippen LogP contribution is -2.50. The van der Waals surface area contributed by atoms with Crippen molar-refractivity contribution in [2.24, 2.45) is 0 Å². The molecule has 0 bridgehead atoms. The van der Waals surface area contributed by atoms with Crippen molar-refractivity contribution in [3.63, 3.8) is 0 Å². The zero-order chi connectivity index (χ0) is 16.4. The van der Waals surface area contributed by atoms with Gasteiger partial charge in [-0.3, -0.25) is 9.69 Å². The van der Waals surface area contributed by atoms with Gasteiger partial charge in [0.25, 0.3) is 0 Å². The van der Waals surface area contributed by atoms with Crippen molar-refractivity contribution < 1.29 is 14.3 Å². The van der Waals surface area contributed by atoms with Crippen LogP contribution in [0.25, 0.3) is 0 Å². The number of hydrogen-bond donors (Lipinski definition) is 0. The van der Waals surface area contributed by atoms with Crippen LogP contribution < -0.4 is 0 Å².